The number of carbonyl (C=O) groups is 2. The maximum Gasteiger partial charge on any atom is 0.320 e. The van der Waals surface area contributed by atoms with Crippen LogP contribution in [-0.4, -0.2) is 52.6 Å². The molecule has 0 spiro atoms. The van der Waals surface area contributed by atoms with Crippen LogP contribution in [0.2, 0.25) is 0 Å². The second-order valence-corrected chi connectivity index (χ2v) is 6.05. The Labute approximate surface area is 114 Å². The van der Waals surface area contributed by atoms with Gasteiger partial charge in [0.25, 0.3) is 0 Å². The molecule has 2 rings (SSSR count). The number of nitrogens with zero attached hydrogens (tertiary/aromatic N) is 2. The zero-order valence-electron chi connectivity index (χ0n) is 11.8. The molecule has 2 aliphatic heterocycles. The van der Waals surface area contributed by atoms with E-state index in [9.17, 15) is 9.59 Å². The fourth-order valence-corrected chi connectivity index (χ4v) is 3.26. The summed E-state index contributed by atoms with van der Waals surface area (Å²) in [7, 11) is 0. The standard InChI is InChI=1S/C14H24N2O3/c1-10(2)12-6-4-8-16(12)14(19)15-7-3-5-11(9-15)13(17)18/h10-12H,3-9H2,1-2H3,(H,17,18)/t11-,12?/m0/s1. The number of carbonyl (C=O) groups excluding carboxylic acids is 1. The first kappa shape index (κ1) is 14.2. The molecule has 2 atom stereocenters. The van der Waals surface area contributed by atoms with Crippen molar-refractivity contribution in [3.63, 3.8) is 0 Å². The SMILES string of the molecule is CC(C)C1CCCN1C(=O)N1CCC[C@H](C(=O)O)C1. The molecule has 5 nitrogen and oxygen atoms in total. The molecule has 0 saturated carbocycles. The van der Waals surface area contributed by atoms with Crippen molar-refractivity contribution in [2.75, 3.05) is 19.6 Å². The van der Waals surface area contributed by atoms with Crippen molar-refractivity contribution >= 4 is 12.0 Å². The number of rotatable bonds is 2. The van der Waals surface area contributed by atoms with Gasteiger partial charge in [-0.1, -0.05) is 13.8 Å². The predicted molar refractivity (Wildman–Crippen MR) is 71.9 cm³/mol. The van der Waals surface area contributed by atoms with Gasteiger partial charge in [-0.25, -0.2) is 4.79 Å². The van der Waals surface area contributed by atoms with Gasteiger partial charge in [0, 0.05) is 25.7 Å². The van der Waals surface area contributed by atoms with Crippen molar-refractivity contribution in [3.05, 3.63) is 0 Å². The van der Waals surface area contributed by atoms with Gasteiger partial charge in [0.2, 0.25) is 0 Å². The summed E-state index contributed by atoms with van der Waals surface area (Å²) in [5.41, 5.74) is 0. The summed E-state index contributed by atoms with van der Waals surface area (Å²) < 4.78 is 0. The van der Waals surface area contributed by atoms with Gasteiger partial charge in [-0.05, 0) is 31.6 Å². The number of carboxylic acids is 1. The quantitative estimate of drug-likeness (QED) is 0.833. The summed E-state index contributed by atoms with van der Waals surface area (Å²) in [6.45, 7) is 6.17. The van der Waals surface area contributed by atoms with E-state index in [-0.39, 0.29) is 6.03 Å². The smallest absolute Gasteiger partial charge is 0.320 e. The number of aliphatic carboxylic acids is 1. The van der Waals surface area contributed by atoms with Crippen LogP contribution in [0.3, 0.4) is 0 Å². The van der Waals surface area contributed by atoms with Crippen molar-refractivity contribution in [1.82, 2.24) is 9.80 Å². The van der Waals surface area contributed by atoms with E-state index < -0.39 is 11.9 Å². The first-order chi connectivity index (χ1) is 9.00. The average Bonchev–Trinajstić information content (AvgIpc) is 2.87. The summed E-state index contributed by atoms with van der Waals surface area (Å²) in [4.78, 5) is 27.3. The highest BCUT2D eigenvalue weighted by Crippen LogP contribution is 2.26. The molecule has 2 fully saturated rings. The fraction of sp³-hybridized carbons (Fsp3) is 0.857. The lowest BCUT2D eigenvalue weighted by atomic mass is 9.98. The van der Waals surface area contributed by atoms with Gasteiger partial charge in [-0.15, -0.1) is 0 Å². The molecule has 2 aliphatic rings. The van der Waals surface area contributed by atoms with Crippen molar-refractivity contribution in [1.29, 1.82) is 0 Å². The Morgan fingerprint density at radius 1 is 1.16 bits per heavy atom. The van der Waals surface area contributed by atoms with E-state index >= 15 is 0 Å². The molecule has 0 aromatic carbocycles. The van der Waals surface area contributed by atoms with E-state index in [0.29, 0.717) is 31.5 Å². The molecule has 0 radical (unpaired) electrons. The van der Waals surface area contributed by atoms with Crippen LogP contribution in [0.25, 0.3) is 0 Å². The maximum absolute atomic E-state index is 12.5. The van der Waals surface area contributed by atoms with Crippen molar-refractivity contribution in [2.24, 2.45) is 11.8 Å². The summed E-state index contributed by atoms with van der Waals surface area (Å²) in [5.74, 6) is -0.705. The molecule has 0 aliphatic carbocycles. The van der Waals surface area contributed by atoms with Crippen LogP contribution in [0.15, 0.2) is 0 Å². The summed E-state index contributed by atoms with van der Waals surface area (Å²) >= 11 is 0. The van der Waals surface area contributed by atoms with Crippen LogP contribution < -0.4 is 0 Å². The lowest BCUT2D eigenvalue weighted by Crippen LogP contribution is -2.51. The van der Waals surface area contributed by atoms with Gasteiger partial charge in [-0.2, -0.15) is 0 Å². The van der Waals surface area contributed by atoms with E-state index in [4.69, 9.17) is 5.11 Å². The molecular weight excluding hydrogens is 244 g/mol. The Kier molecular flexibility index (Phi) is 4.32. The van der Waals surface area contributed by atoms with Crippen LogP contribution in [0.5, 0.6) is 0 Å². The number of piperidine rings is 1. The van der Waals surface area contributed by atoms with E-state index in [2.05, 4.69) is 13.8 Å². The number of hydrogen-bond acceptors (Lipinski definition) is 2. The Morgan fingerprint density at radius 2 is 1.84 bits per heavy atom. The zero-order valence-corrected chi connectivity index (χ0v) is 11.8. The third-order valence-corrected chi connectivity index (χ3v) is 4.36. The van der Waals surface area contributed by atoms with Crippen LogP contribution in [0.4, 0.5) is 4.79 Å². The maximum atomic E-state index is 12.5. The van der Waals surface area contributed by atoms with Crippen LogP contribution >= 0.6 is 0 Å². The van der Waals surface area contributed by atoms with Crippen molar-refractivity contribution < 1.29 is 14.7 Å². The van der Waals surface area contributed by atoms with Gasteiger partial charge < -0.3 is 14.9 Å². The van der Waals surface area contributed by atoms with Crippen LogP contribution in [-0.2, 0) is 4.79 Å². The van der Waals surface area contributed by atoms with Crippen LogP contribution in [0.1, 0.15) is 39.5 Å². The van der Waals surface area contributed by atoms with Crippen LogP contribution in [0, 0.1) is 11.8 Å². The molecular formula is C14H24N2O3. The zero-order chi connectivity index (χ0) is 14.0. The minimum Gasteiger partial charge on any atom is -0.481 e. The molecule has 0 aromatic heterocycles. The van der Waals surface area contributed by atoms with Crippen molar-refractivity contribution in [2.45, 2.75) is 45.6 Å². The number of amides is 2. The first-order valence-electron chi connectivity index (χ1n) is 7.29. The highest BCUT2D eigenvalue weighted by atomic mass is 16.4. The van der Waals surface area contributed by atoms with Gasteiger partial charge in [-0.3, -0.25) is 4.79 Å². The highest BCUT2D eigenvalue weighted by molar-refractivity contribution is 5.77. The Morgan fingerprint density at radius 3 is 2.47 bits per heavy atom. The van der Waals surface area contributed by atoms with Gasteiger partial charge in [0.15, 0.2) is 0 Å². The minimum absolute atomic E-state index is 0.0437. The number of hydrogen-bond donors (Lipinski definition) is 1. The molecule has 0 bridgehead atoms. The molecule has 108 valence electrons. The van der Waals surface area contributed by atoms with E-state index in [1.165, 1.54) is 0 Å². The Hall–Kier alpha value is -1.26. The van der Waals surface area contributed by atoms with Gasteiger partial charge >= 0.3 is 12.0 Å². The van der Waals surface area contributed by atoms with Crippen molar-refractivity contribution in [3.8, 4) is 0 Å². The Bertz CT molecular complexity index is 357. The second kappa shape index (κ2) is 5.80. The van der Waals surface area contributed by atoms with Gasteiger partial charge in [0.1, 0.15) is 0 Å². The van der Waals surface area contributed by atoms with E-state index in [0.717, 1.165) is 25.8 Å². The second-order valence-electron chi connectivity index (χ2n) is 6.05. The molecule has 1 unspecified atom stereocenters. The largest absolute Gasteiger partial charge is 0.481 e. The molecule has 2 saturated heterocycles. The molecule has 1 N–H and O–H groups in total. The number of urea groups is 1. The highest BCUT2D eigenvalue weighted by Gasteiger charge is 2.36. The molecule has 19 heavy (non-hydrogen) atoms. The Balaban J connectivity index is 2.00. The summed E-state index contributed by atoms with van der Waals surface area (Å²) in [6.07, 6.45) is 3.61. The van der Waals surface area contributed by atoms with Gasteiger partial charge in [0.05, 0.1) is 5.92 Å². The first-order valence-corrected chi connectivity index (χ1v) is 7.29. The normalized spacial score (nSPS) is 27.9. The average molecular weight is 268 g/mol. The number of carboxylic acid groups (broad SMARTS) is 1. The lowest BCUT2D eigenvalue weighted by molar-refractivity contribution is -0.143. The van der Waals surface area contributed by atoms with E-state index in [1.807, 2.05) is 4.90 Å². The molecule has 0 aromatic rings. The molecule has 5 heteroatoms. The monoisotopic (exact) mass is 268 g/mol. The predicted octanol–water partition coefficient (Wildman–Crippen LogP) is 2.02. The minimum atomic E-state index is -0.778. The third-order valence-electron chi connectivity index (χ3n) is 4.36. The van der Waals surface area contributed by atoms with E-state index in [1.54, 1.807) is 4.90 Å². The molecule has 2 amide bonds. The summed E-state index contributed by atoms with van der Waals surface area (Å²) in [6, 6.07) is 0.361. The fourth-order valence-electron chi connectivity index (χ4n) is 3.26. The molecule has 2 heterocycles. The summed E-state index contributed by atoms with van der Waals surface area (Å²) in [5, 5.41) is 9.09. The topological polar surface area (TPSA) is 60.9 Å². The third kappa shape index (κ3) is 3.01. The lowest BCUT2D eigenvalue weighted by Gasteiger charge is -2.37. The number of likely N-dealkylation sites (tertiary alicyclic amines) is 2.